The van der Waals surface area contributed by atoms with Gasteiger partial charge >= 0.3 is 11.7 Å². The molecular weight excluding hydrogens is 410 g/mol. The maximum absolute atomic E-state index is 13.0. The lowest BCUT2D eigenvalue weighted by Gasteiger charge is -2.23. The summed E-state index contributed by atoms with van der Waals surface area (Å²) in [5.41, 5.74) is -0.442. The Morgan fingerprint density at radius 2 is 1.69 bits per heavy atom. The van der Waals surface area contributed by atoms with Crippen LogP contribution < -0.4 is 5.69 Å². The van der Waals surface area contributed by atoms with Crippen LogP contribution in [-0.2, 0) is 29.2 Å². The summed E-state index contributed by atoms with van der Waals surface area (Å²) in [5.74, 6) is -0.181. The van der Waals surface area contributed by atoms with E-state index in [1.165, 1.54) is 18.1 Å². The Bertz CT molecular complexity index is 737. The van der Waals surface area contributed by atoms with Crippen molar-refractivity contribution in [3.8, 4) is 5.88 Å². The fourth-order valence-corrected chi connectivity index (χ4v) is 3.94. The highest BCUT2D eigenvalue weighted by atomic mass is 16.5. The monoisotopic (exact) mass is 455 g/mol. The minimum Gasteiger partial charge on any atom is -0.493 e. The second kappa shape index (κ2) is 14.4. The molecular formula is C24H45N3O5. The van der Waals surface area contributed by atoms with Gasteiger partial charge in [0.25, 0.3) is 0 Å². The van der Waals surface area contributed by atoms with E-state index in [-0.39, 0.29) is 17.5 Å². The third-order valence-electron chi connectivity index (χ3n) is 5.94. The van der Waals surface area contributed by atoms with Crippen molar-refractivity contribution >= 4 is 5.97 Å². The zero-order chi connectivity index (χ0) is 24.1. The molecule has 8 heteroatoms. The van der Waals surface area contributed by atoms with E-state index in [1.54, 1.807) is 4.57 Å². The summed E-state index contributed by atoms with van der Waals surface area (Å²) < 4.78 is 7.68. The van der Waals surface area contributed by atoms with Crippen molar-refractivity contribution in [3.05, 3.63) is 16.2 Å². The van der Waals surface area contributed by atoms with Gasteiger partial charge in [-0.05, 0) is 53.1 Å². The van der Waals surface area contributed by atoms with E-state index < -0.39 is 5.60 Å². The van der Waals surface area contributed by atoms with Gasteiger partial charge in [-0.1, -0.05) is 45.4 Å². The van der Waals surface area contributed by atoms with Gasteiger partial charge in [-0.25, -0.2) is 9.36 Å². The molecule has 0 aliphatic rings. The molecule has 1 atom stereocenters. The Hall–Kier alpha value is -1.80. The summed E-state index contributed by atoms with van der Waals surface area (Å²) in [6, 6.07) is 0. The lowest BCUT2D eigenvalue weighted by molar-refractivity contribution is -0.140. The SMILES string of the molecule is CCCCCCC(C)(O)CCn1c(CCCCCCC(=O)OC)c(O)n(CN(C)C)c1=O. The average molecular weight is 456 g/mol. The van der Waals surface area contributed by atoms with Crippen LogP contribution in [0.2, 0.25) is 0 Å². The number of aromatic nitrogens is 2. The number of carbonyl (C=O) groups is 1. The number of nitrogens with zero attached hydrogens (tertiary/aromatic N) is 3. The number of ether oxygens (including phenoxy) is 1. The van der Waals surface area contributed by atoms with Crippen molar-refractivity contribution in [2.24, 2.45) is 0 Å². The Labute approximate surface area is 193 Å². The molecule has 0 spiro atoms. The first-order chi connectivity index (χ1) is 15.1. The van der Waals surface area contributed by atoms with Gasteiger partial charge in [0.05, 0.1) is 25.1 Å². The molecule has 0 fully saturated rings. The number of hydrogen-bond donors (Lipinski definition) is 2. The number of unbranched alkanes of at least 4 members (excludes halogenated alkanes) is 6. The van der Waals surface area contributed by atoms with Crippen LogP contribution in [-0.4, -0.2) is 57.0 Å². The average Bonchev–Trinajstić information content (AvgIpc) is 2.95. The molecule has 1 heterocycles. The first-order valence-electron chi connectivity index (χ1n) is 12.1. The van der Waals surface area contributed by atoms with E-state index in [9.17, 15) is 19.8 Å². The predicted molar refractivity (Wildman–Crippen MR) is 127 cm³/mol. The molecule has 32 heavy (non-hydrogen) atoms. The molecule has 1 aromatic rings. The topological polar surface area (TPSA) is 96.9 Å². The van der Waals surface area contributed by atoms with Crippen LogP contribution >= 0.6 is 0 Å². The summed E-state index contributed by atoms with van der Waals surface area (Å²) in [4.78, 5) is 26.1. The van der Waals surface area contributed by atoms with Gasteiger partial charge in [0.2, 0.25) is 5.88 Å². The molecule has 0 amide bonds. The van der Waals surface area contributed by atoms with Crippen LogP contribution in [0.15, 0.2) is 4.79 Å². The van der Waals surface area contributed by atoms with Gasteiger partial charge in [-0.15, -0.1) is 0 Å². The molecule has 0 aromatic carbocycles. The van der Waals surface area contributed by atoms with Crippen molar-refractivity contribution in [1.82, 2.24) is 14.0 Å². The van der Waals surface area contributed by atoms with Gasteiger partial charge in [-0.3, -0.25) is 14.3 Å². The Balaban J connectivity index is 2.80. The summed E-state index contributed by atoms with van der Waals surface area (Å²) in [6.07, 6.45) is 9.96. The lowest BCUT2D eigenvalue weighted by Crippen LogP contribution is -2.32. The summed E-state index contributed by atoms with van der Waals surface area (Å²) >= 11 is 0. The van der Waals surface area contributed by atoms with Crippen molar-refractivity contribution in [2.75, 3.05) is 21.2 Å². The highest BCUT2D eigenvalue weighted by Gasteiger charge is 2.24. The molecule has 8 nitrogen and oxygen atoms in total. The normalized spacial score (nSPS) is 13.5. The van der Waals surface area contributed by atoms with Crippen LogP contribution in [0.25, 0.3) is 0 Å². The molecule has 0 aliphatic heterocycles. The predicted octanol–water partition coefficient (Wildman–Crippen LogP) is 3.65. The number of aromatic hydroxyl groups is 1. The van der Waals surface area contributed by atoms with Gasteiger partial charge in [0.15, 0.2) is 0 Å². The van der Waals surface area contributed by atoms with E-state index in [0.29, 0.717) is 44.6 Å². The van der Waals surface area contributed by atoms with Crippen molar-refractivity contribution in [3.63, 3.8) is 0 Å². The van der Waals surface area contributed by atoms with Gasteiger partial charge in [-0.2, -0.15) is 0 Å². The van der Waals surface area contributed by atoms with Crippen molar-refractivity contribution in [1.29, 1.82) is 0 Å². The van der Waals surface area contributed by atoms with E-state index in [2.05, 4.69) is 11.7 Å². The minimum absolute atomic E-state index is 0.0147. The first-order valence-corrected chi connectivity index (χ1v) is 12.1. The quantitative estimate of drug-likeness (QED) is 0.275. The fraction of sp³-hybridized carbons (Fsp3) is 0.833. The number of aliphatic hydroxyl groups is 1. The Morgan fingerprint density at radius 3 is 2.31 bits per heavy atom. The van der Waals surface area contributed by atoms with E-state index in [0.717, 1.165) is 44.9 Å². The number of methoxy groups -OCH3 is 1. The number of hydrogen-bond acceptors (Lipinski definition) is 6. The number of carbonyl (C=O) groups excluding carboxylic acids is 1. The largest absolute Gasteiger partial charge is 0.493 e. The van der Waals surface area contributed by atoms with Crippen LogP contribution in [0.4, 0.5) is 0 Å². The Kier molecular flexibility index (Phi) is 12.7. The molecule has 0 saturated heterocycles. The lowest BCUT2D eigenvalue weighted by atomic mass is 9.94. The highest BCUT2D eigenvalue weighted by Crippen LogP contribution is 2.23. The molecule has 0 aliphatic carbocycles. The molecule has 186 valence electrons. The van der Waals surface area contributed by atoms with Crippen LogP contribution in [0.1, 0.15) is 90.2 Å². The van der Waals surface area contributed by atoms with Gasteiger partial charge < -0.3 is 14.9 Å². The second-order valence-corrected chi connectivity index (χ2v) is 9.40. The molecule has 2 N–H and O–H groups in total. The molecule has 1 aromatic heterocycles. The van der Waals surface area contributed by atoms with E-state index in [4.69, 9.17) is 0 Å². The molecule has 1 rings (SSSR count). The van der Waals surface area contributed by atoms with Crippen molar-refractivity contribution < 1.29 is 19.7 Å². The second-order valence-electron chi connectivity index (χ2n) is 9.40. The number of esters is 1. The maximum atomic E-state index is 13.0. The van der Waals surface area contributed by atoms with Crippen LogP contribution in [0.5, 0.6) is 5.88 Å². The van der Waals surface area contributed by atoms with Crippen LogP contribution in [0, 0.1) is 0 Å². The summed E-state index contributed by atoms with van der Waals surface area (Å²) in [5, 5.41) is 21.6. The van der Waals surface area contributed by atoms with E-state index in [1.807, 2.05) is 25.9 Å². The third-order valence-corrected chi connectivity index (χ3v) is 5.94. The fourth-order valence-electron chi connectivity index (χ4n) is 3.94. The summed E-state index contributed by atoms with van der Waals surface area (Å²) in [7, 11) is 5.10. The number of rotatable bonds is 17. The van der Waals surface area contributed by atoms with Gasteiger partial charge in [0, 0.05) is 13.0 Å². The third kappa shape index (κ3) is 9.77. The number of imidazole rings is 1. The smallest absolute Gasteiger partial charge is 0.332 e. The molecule has 0 saturated carbocycles. The maximum Gasteiger partial charge on any atom is 0.332 e. The zero-order valence-corrected chi connectivity index (χ0v) is 20.9. The Morgan fingerprint density at radius 1 is 1.03 bits per heavy atom. The first kappa shape index (κ1) is 28.2. The van der Waals surface area contributed by atoms with Gasteiger partial charge in [0.1, 0.15) is 0 Å². The molecule has 0 bridgehead atoms. The summed E-state index contributed by atoms with van der Waals surface area (Å²) in [6.45, 7) is 4.68. The molecule has 0 radical (unpaired) electrons. The highest BCUT2D eigenvalue weighted by molar-refractivity contribution is 5.68. The molecule has 1 unspecified atom stereocenters. The zero-order valence-electron chi connectivity index (χ0n) is 20.9. The van der Waals surface area contributed by atoms with Crippen LogP contribution in [0.3, 0.4) is 0 Å². The standard InChI is InChI=1S/C24H45N3O5/c1-6-7-8-13-16-24(2,31)17-18-26-20(14-11-9-10-12-15-21(28)32-5)22(29)27(23(26)30)19-25(3)4/h29,31H,6-19H2,1-5H3. The van der Waals surface area contributed by atoms with E-state index >= 15 is 0 Å². The van der Waals surface area contributed by atoms with Crippen molar-refractivity contribution in [2.45, 2.75) is 110 Å². The minimum atomic E-state index is -0.836.